The van der Waals surface area contributed by atoms with E-state index in [0.717, 1.165) is 45.0 Å². The lowest BCUT2D eigenvalue weighted by Crippen LogP contribution is -2.38. The second-order valence-corrected chi connectivity index (χ2v) is 5.52. The Morgan fingerprint density at radius 1 is 1.00 bits per heavy atom. The van der Waals surface area contributed by atoms with Gasteiger partial charge in [0.15, 0.2) is 0 Å². The van der Waals surface area contributed by atoms with E-state index in [1.165, 1.54) is 12.8 Å². The summed E-state index contributed by atoms with van der Waals surface area (Å²) in [5.74, 6) is 7.35. The molecule has 0 amide bonds. The number of aromatic nitrogens is 3. The number of methoxy groups -OCH3 is 1. The van der Waals surface area contributed by atoms with E-state index >= 15 is 0 Å². The molecule has 8 heteroatoms. The molecule has 0 radical (unpaired) electrons. The van der Waals surface area contributed by atoms with Gasteiger partial charge in [-0.05, 0) is 25.7 Å². The summed E-state index contributed by atoms with van der Waals surface area (Å²) in [6.07, 6.45) is 4.70. The van der Waals surface area contributed by atoms with Crippen LogP contribution in [0.15, 0.2) is 0 Å². The first kappa shape index (κ1) is 14.3. The maximum atomic E-state index is 5.50. The molecule has 2 aliphatic heterocycles. The van der Waals surface area contributed by atoms with Crippen LogP contribution in [0.1, 0.15) is 25.7 Å². The fraction of sp³-hybridized carbons (Fsp3) is 0.769. The van der Waals surface area contributed by atoms with Crippen molar-refractivity contribution in [3.8, 4) is 0 Å². The Morgan fingerprint density at radius 3 is 2.10 bits per heavy atom. The Balaban J connectivity index is 1.79. The predicted molar refractivity (Wildman–Crippen MR) is 81.3 cm³/mol. The van der Waals surface area contributed by atoms with Crippen molar-refractivity contribution in [2.75, 3.05) is 48.5 Å². The van der Waals surface area contributed by atoms with Crippen molar-refractivity contribution in [3.05, 3.63) is 0 Å². The Hall–Kier alpha value is -1.67. The topological polar surface area (TPSA) is 92.4 Å². The molecule has 2 saturated heterocycles. The number of rotatable bonds is 4. The van der Waals surface area contributed by atoms with Crippen molar-refractivity contribution in [2.24, 2.45) is 5.84 Å². The summed E-state index contributed by atoms with van der Waals surface area (Å²) in [7, 11) is 1.77. The highest BCUT2D eigenvalue weighted by atomic mass is 16.5. The summed E-state index contributed by atoms with van der Waals surface area (Å²) >= 11 is 0. The average molecular weight is 293 g/mol. The molecule has 2 aliphatic rings. The molecular formula is C13H23N7O. The minimum atomic E-state index is 0.341. The van der Waals surface area contributed by atoms with Crippen molar-refractivity contribution in [1.82, 2.24) is 15.0 Å². The van der Waals surface area contributed by atoms with Crippen LogP contribution in [0.25, 0.3) is 0 Å². The molecule has 2 fully saturated rings. The number of ether oxygens (including phenoxy) is 1. The van der Waals surface area contributed by atoms with Crippen LogP contribution >= 0.6 is 0 Å². The molecule has 0 saturated carbocycles. The van der Waals surface area contributed by atoms with Gasteiger partial charge in [0.2, 0.25) is 17.8 Å². The third-order valence-electron chi connectivity index (χ3n) is 4.19. The molecular weight excluding hydrogens is 270 g/mol. The van der Waals surface area contributed by atoms with E-state index < -0.39 is 0 Å². The fourth-order valence-corrected chi connectivity index (χ4v) is 2.91. The summed E-state index contributed by atoms with van der Waals surface area (Å²) in [5, 5.41) is 0. The lowest BCUT2D eigenvalue weighted by atomic mass is 10.1. The largest absolute Gasteiger partial charge is 0.381 e. The Bertz CT molecular complexity index is 470. The van der Waals surface area contributed by atoms with Gasteiger partial charge < -0.3 is 14.5 Å². The molecule has 3 N–H and O–H groups in total. The van der Waals surface area contributed by atoms with E-state index in [1.54, 1.807) is 7.11 Å². The van der Waals surface area contributed by atoms with Crippen LogP contribution in [0.3, 0.4) is 0 Å². The number of hydrogen-bond donors (Lipinski definition) is 2. The summed E-state index contributed by atoms with van der Waals surface area (Å²) in [6, 6.07) is 0. The fourth-order valence-electron chi connectivity index (χ4n) is 2.91. The molecule has 21 heavy (non-hydrogen) atoms. The van der Waals surface area contributed by atoms with Gasteiger partial charge in [-0.25, -0.2) is 5.84 Å². The standard InChI is InChI=1S/C13H23N7O/c1-21-10-4-8-20(9-5-10)13-16-11(18-14)15-12(17-13)19-6-2-3-7-19/h10H,2-9,14H2,1H3,(H,15,16,17,18). The molecule has 116 valence electrons. The number of nitrogens with one attached hydrogen (secondary N) is 1. The molecule has 0 aliphatic carbocycles. The highest BCUT2D eigenvalue weighted by Crippen LogP contribution is 2.22. The molecule has 3 heterocycles. The first-order chi connectivity index (χ1) is 10.3. The van der Waals surface area contributed by atoms with Crippen LogP contribution < -0.4 is 21.1 Å². The normalized spacial score (nSPS) is 20.1. The zero-order valence-corrected chi connectivity index (χ0v) is 12.5. The molecule has 0 atom stereocenters. The van der Waals surface area contributed by atoms with Crippen LogP contribution in [-0.2, 0) is 4.74 Å². The van der Waals surface area contributed by atoms with Crippen molar-refractivity contribution < 1.29 is 4.74 Å². The molecule has 1 aromatic heterocycles. The zero-order valence-electron chi connectivity index (χ0n) is 12.5. The van der Waals surface area contributed by atoms with Gasteiger partial charge in [-0.3, -0.25) is 5.43 Å². The van der Waals surface area contributed by atoms with E-state index in [4.69, 9.17) is 10.6 Å². The lowest BCUT2D eigenvalue weighted by molar-refractivity contribution is 0.0816. The van der Waals surface area contributed by atoms with Crippen LogP contribution in [0.2, 0.25) is 0 Å². The van der Waals surface area contributed by atoms with Crippen LogP contribution in [-0.4, -0.2) is 54.3 Å². The van der Waals surface area contributed by atoms with E-state index in [9.17, 15) is 0 Å². The first-order valence-corrected chi connectivity index (χ1v) is 7.55. The van der Waals surface area contributed by atoms with Gasteiger partial charge in [-0.1, -0.05) is 0 Å². The minimum absolute atomic E-state index is 0.341. The van der Waals surface area contributed by atoms with Crippen LogP contribution in [0, 0.1) is 0 Å². The van der Waals surface area contributed by atoms with Gasteiger partial charge >= 0.3 is 0 Å². The molecule has 8 nitrogen and oxygen atoms in total. The van der Waals surface area contributed by atoms with Crippen molar-refractivity contribution in [1.29, 1.82) is 0 Å². The zero-order chi connectivity index (χ0) is 14.7. The summed E-state index contributed by atoms with van der Waals surface area (Å²) in [4.78, 5) is 17.8. The summed E-state index contributed by atoms with van der Waals surface area (Å²) in [6.45, 7) is 3.79. The first-order valence-electron chi connectivity index (χ1n) is 7.55. The molecule has 0 spiro atoms. The number of hydrogen-bond acceptors (Lipinski definition) is 8. The van der Waals surface area contributed by atoms with Crippen molar-refractivity contribution in [2.45, 2.75) is 31.8 Å². The minimum Gasteiger partial charge on any atom is -0.381 e. The second-order valence-electron chi connectivity index (χ2n) is 5.52. The monoisotopic (exact) mass is 293 g/mol. The second kappa shape index (κ2) is 6.40. The van der Waals surface area contributed by atoms with Crippen molar-refractivity contribution in [3.63, 3.8) is 0 Å². The SMILES string of the molecule is COC1CCN(c2nc(NN)nc(N3CCCC3)n2)CC1. The maximum Gasteiger partial charge on any atom is 0.243 e. The third-order valence-corrected chi connectivity index (χ3v) is 4.19. The van der Waals surface area contributed by atoms with E-state index in [0.29, 0.717) is 18.0 Å². The van der Waals surface area contributed by atoms with E-state index in [2.05, 4.69) is 30.2 Å². The van der Waals surface area contributed by atoms with Gasteiger partial charge in [0.05, 0.1) is 6.10 Å². The summed E-state index contributed by atoms with van der Waals surface area (Å²) < 4.78 is 5.40. The smallest absolute Gasteiger partial charge is 0.243 e. The summed E-state index contributed by atoms with van der Waals surface area (Å²) in [5.41, 5.74) is 2.55. The van der Waals surface area contributed by atoms with Gasteiger partial charge in [-0.2, -0.15) is 15.0 Å². The third kappa shape index (κ3) is 3.16. The molecule has 0 unspecified atom stereocenters. The van der Waals surface area contributed by atoms with E-state index in [-0.39, 0.29) is 0 Å². The van der Waals surface area contributed by atoms with Crippen LogP contribution in [0.4, 0.5) is 17.8 Å². The van der Waals surface area contributed by atoms with E-state index in [1.807, 2.05) is 0 Å². The number of nitrogens with two attached hydrogens (primary N) is 1. The van der Waals surface area contributed by atoms with Gasteiger partial charge in [0.25, 0.3) is 0 Å². The molecule has 0 bridgehead atoms. The molecule has 1 aromatic rings. The maximum absolute atomic E-state index is 5.50. The quantitative estimate of drug-likeness (QED) is 0.608. The number of anilines is 3. The predicted octanol–water partition coefficient (Wildman–Crippen LogP) is 0.373. The molecule has 0 aromatic carbocycles. The highest BCUT2D eigenvalue weighted by molar-refractivity contribution is 5.45. The average Bonchev–Trinajstić information content (AvgIpc) is 3.09. The highest BCUT2D eigenvalue weighted by Gasteiger charge is 2.23. The Labute approximate surface area is 124 Å². The number of piperidine rings is 1. The van der Waals surface area contributed by atoms with Crippen molar-refractivity contribution >= 4 is 17.8 Å². The van der Waals surface area contributed by atoms with Gasteiger partial charge in [-0.15, -0.1) is 0 Å². The number of nitrogen functional groups attached to an aromatic ring is 1. The lowest BCUT2D eigenvalue weighted by Gasteiger charge is -2.31. The van der Waals surface area contributed by atoms with Gasteiger partial charge in [0.1, 0.15) is 0 Å². The number of nitrogens with zero attached hydrogens (tertiary/aromatic N) is 5. The number of hydrazine groups is 1. The Morgan fingerprint density at radius 2 is 1.57 bits per heavy atom. The van der Waals surface area contributed by atoms with Gasteiger partial charge in [0, 0.05) is 33.3 Å². The van der Waals surface area contributed by atoms with Crippen LogP contribution in [0.5, 0.6) is 0 Å². The molecule has 3 rings (SSSR count). The Kier molecular flexibility index (Phi) is 4.35.